The fourth-order valence-electron chi connectivity index (χ4n) is 2.02. The van der Waals surface area contributed by atoms with Crippen LogP contribution in [0.3, 0.4) is 0 Å². The molecule has 1 aliphatic heterocycles. The lowest BCUT2D eigenvalue weighted by molar-refractivity contribution is -0.137. The fraction of sp³-hybridized carbons (Fsp3) is 0.267. The molecule has 0 fully saturated rings. The third-order valence-electron chi connectivity index (χ3n) is 3.14. The molecule has 0 unspecified atom stereocenters. The number of oxime groups is 1. The normalized spacial score (nSPS) is 17.8. The number of amides is 1. The fourth-order valence-corrected chi connectivity index (χ4v) is 2.15. The van der Waals surface area contributed by atoms with Crippen LogP contribution in [0.15, 0.2) is 40.7 Å². The maximum atomic E-state index is 11.8. The van der Waals surface area contributed by atoms with E-state index < -0.39 is 11.9 Å². The van der Waals surface area contributed by atoms with Crippen LogP contribution < -0.4 is 5.32 Å². The van der Waals surface area contributed by atoms with Gasteiger partial charge in [-0.25, -0.2) is 4.79 Å². The van der Waals surface area contributed by atoms with Crippen molar-refractivity contribution in [2.45, 2.75) is 13.5 Å². The topological polar surface area (TPSA) is 77.0 Å². The number of esters is 1. The van der Waals surface area contributed by atoms with Crippen LogP contribution in [0.5, 0.6) is 0 Å². The quantitative estimate of drug-likeness (QED) is 0.511. The minimum absolute atomic E-state index is 0.234. The van der Waals surface area contributed by atoms with Crippen molar-refractivity contribution in [3.8, 4) is 0 Å². The SMILES string of the molecule is COC(=O)C1=C(C)NC(=O)[C@H]1/C=N\OCc1ccc(Cl)cc1. The molecule has 7 heteroatoms. The average Bonchev–Trinajstić information content (AvgIpc) is 2.78. The molecule has 1 atom stereocenters. The van der Waals surface area contributed by atoms with Gasteiger partial charge < -0.3 is 14.9 Å². The van der Waals surface area contributed by atoms with Crippen LogP contribution in [-0.2, 0) is 25.8 Å². The number of methoxy groups -OCH3 is 1. The van der Waals surface area contributed by atoms with Gasteiger partial charge in [0, 0.05) is 10.7 Å². The number of hydrogen-bond acceptors (Lipinski definition) is 5. The first-order chi connectivity index (χ1) is 10.5. The van der Waals surface area contributed by atoms with Crippen molar-refractivity contribution in [1.29, 1.82) is 0 Å². The second kappa shape index (κ2) is 7.09. The molecule has 0 saturated heterocycles. The molecule has 0 radical (unpaired) electrons. The third kappa shape index (κ3) is 3.65. The summed E-state index contributed by atoms with van der Waals surface area (Å²) in [7, 11) is 1.26. The number of halogens is 1. The van der Waals surface area contributed by atoms with Gasteiger partial charge in [0.1, 0.15) is 12.5 Å². The van der Waals surface area contributed by atoms with Gasteiger partial charge >= 0.3 is 5.97 Å². The molecule has 0 saturated carbocycles. The first-order valence-corrected chi connectivity index (χ1v) is 6.90. The number of carbonyl (C=O) groups is 2. The first-order valence-electron chi connectivity index (χ1n) is 6.52. The Morgan fingerprint density at radius 2 is 2.09 bits per heavy atom. The monoisotopic (exact) mass is 322 g/mol. The number of nitrogens with one attached hydrogen (secondary N) is 1. The molecular formula is C15H15ClN2O4. The highest BCUT2D eigenvalue weighted by atomic mass is 35.5. The molecule has 1 N–H and O–H groups in total. The zero-order valence-electron chi connectivity index (χ0n) is 12.1. The smallest absolute Gasteiger partial charge is 0.336 e. The predicted octanol–water partition coefficient (Wildman–Crippen LogP) is 2.04. The Bertz CT molecular complexity index is 637. The van der Waals surface area contributed by atoms with Crippen LogP contribution in [0, 0.1) is 5.92 Å². The van der Waals surface area contributed by atoms with E-state index in [-0.39, 0.29) is 18.1 Å². The lowest BCUT2D eigenvalue weighted by atomic mass is 10.0. The summed E-state index contributed by atoms with van der Waals surface area (Å²) in [6, 6.07) is 7.11. The summed E-state index contributed by atoms with van der Waals surface area (Å²) in [5, 5.41) is 6.97. The minimum atomic E-state index is -0.808. The van der Waals surface area contributed by atoms with Crippen molar-refractivity contribution in [3.63, 3.8) is 0 Å². The molecule has 0 spiro atoms. The summed E-state index contributed by atoms with van der Waals surface area (Å²) in [6.07, 6.45) is 1.29. The molecule has 1 aliphatic rings. The van der Waals surface area contributed by atoms with Crippen molar-refractivity contribution in [3.05, 3.63) is 46.1 Å². The molecule has 116 valence electrons. The molecule has 0 bridgehead atoms. The van der Waals surface area contributed by atoms with Crippen LogP contribution in [0.4, 0.5) is 0 Å². The van der Waals surface area contributed by atoms with Crippen molar-refractivity contribution in [2.24, 2.45) is 11.1 Å². The van der Waals surface area contributed by atoms with Gasteiger partial charge in [0.25, 0.3) is 0 Å². The summed E-state index contributed by atoms with van der Waals surface area (Å²) in [4.78, 5) is 28.6. The summed E-state index contributed by atoms with van der Waals surface area (Å²) < 4.78 is 4.67. The van der Waals surface area contributed by atoms with E-state index in [1.807, 2.05) is 12.1 Å². The summed E-state index contributed by atoms with van der Waals surface area (Å²) in [6.45, 7) is 1.87. The second-order valence-corrected chi connectivity index (χ2v) is 5.09. The van der Waals surface area contributed by atoms with Gasteiger partial charge in [0.2, 0.25) is 5.91 Å². The van der Waals surface area contributed by atoms with E-state index in [4.69, 9.17) is 16.4 Å². The van der Waals surface area contributed by atoms with Gasteiger partial charge in [-0.05, 0) is 24.6 Å². The Balaban J connectivity index is 1.98. The Labute approximate surface area is 132 Å². The number of carbonyl (C=O) groups excluding carboxylic acids is 2. The van der Waals surface area contributed by atoms with E-state index in [9.17, 15) is 9.59 Å². The van der Waals surface area contributed by atoms with E-state index in [0.717, 1.165) is 5.56 Å². The van der Waals surface area contributed by atoms with Gasteiger partial charge in [-0.3, -0.25) is 4.79 Å². The maximum absolute atomic E-state index is 11.8. The number of rotatable bonds is 5. The average molecular weight is 323 g/mol. The molecule has 6 nitrogen and oxygen atoms in total. The van der Waals surface area contributed by atoms with Crippen LogP contribution in [0.2, 0.25) is 5.02 Å². The Morgan fingerprint density at radius 1 is 1.41 bits per heavy atom. The van der Waals surface area contributed by atoms with E-state index >= 15 is 0 Å². The molecule has 1 aromatic rings. The lowest BCUT2D eigenvalue weighted by Gasteiger charge is -2.05. The van der Waals surface area contributed by atoms with E-state index in [2.05, 4.69) is 15.2 Å². The summed E-state index contributed by atoms with van der Waals surface area (Å²) in [5.74, 6) is -1.71. The number of nitrogens with zero attached hydrogens (tertiary/aromatic N) is 1. The van der Waals surface area contributed by atoms with E-state index in [0.29, 0.717) is 10.7 Å². The Hall–Kier alpha value is -2.34. The first kappa shape index (κ1) is 16.0. The highest BCUT2D eigenvalue weighted by molar-refractivity contribution is 6.30. The summed E-state index contributed by atoms with van der Waals surface area (Å²) >= 11 is 5.78. The maximum Gasteiger partial charge on any atom is 0.336 e. The lowest BCUT2D eigenvalue weighted by Crippen LogP contribution is -2.24. The van der Waals surface area contributed by atoms with E-state index in [1.165, 1.54) is 13.3 Å². The van der Waals surface area contributed by atoms with Gasteiger partial charge in [-0.1, -0.05) is 28.9 Å². The number of benzene rings is 1. The zero-order valence-corrected chi connectivity index (χ0v) is 12.9. The van der Waals surface area contributed by atoms with Gasteiger partial charge in [-0.15, -0.1) is 0 Å². The zero-order chi connectivity index (χ0) is 16.1. The van der Waals surface area contributed by atoms with Crippen molar-refractivity contribution in [2.75, 3.05) is 7.11 Å². The standard InChI is InChI=1S/C15H15ClN2O4/c1-9-13(15(20)21-2)12(14(19)18-9)7-17-22-8-10-3-5-11(16)6-4-10/h3-7,12H,8H2,1-2H3,(H,18,19)/b17-7-/t12-/m0/s1. The number of ether oxygens (including phenoxy) is 1. The second-order valence-electron chi connectivity index (χ2n) is 4.65. The summed E-state index contributed by atoms with van der Waals surface area (Å²) in [5.41, 5.74) is 1.59. The molecule has 1 heterocycles. The molecule has 1 amide bonds. The predicted molar refractivity (Wildman–Crippen MR) is 81.1 cm³/mol. The van der Waals surface area contributed by atoms with Crippen molar-refractivity contribution < 1.29 is 19.2 Å². The minimum Gasteiger partial charge on any atom is -0.466 e. The van der Waals surface area contributed by atoms with E-state index in [1.54, 1.807) is 19.1 Å². The third-order valence-corrected chi connectivity index (χ3v) is 3.39. The number of allylic oxidation sites excluding steroid dienone is 1. The molecule has 0 aliphatic carbocycles. The van der Waals surface area contributed by atoms with Crippen molar-refractivity contribution in [1.82, 2.24) is 5.32 Å². The molecule has 1 aromatic carbocycles. The molecule has 0 aromatic heterocycles. The van der Waals surface area contributed by atoms with Crippen LogP contribution in [0.1, 0.15) is 12.5 Å². The highest BCUT2D eigenvalue weighted by Gasteiger charge is 2.35. The highest BCUT2D eigenvalue weighted by Crippen LogP contribution is 2.21. The Kier molecular flexibility index (Phi) is 5.16. The molecular weight excluding hydrogens is 308 g/mol. The van der Waals surface area contributed by atoms with Gasteiger partial charge in [0.15, 0.2) is 0 Å². The van der Waals surface area contributed by atoms with Crippen LogP contribution in [0.25, 0.3) is 0 Å². The molecule has 2 rings (SSSR count). The van der Waals surface area contributed by atoms with Gasteiger partial charge in [-0.2, -0.15) is 0 Å². The van der Waals surface area contributed by atoms with Crippen LogP contribution in [-0.4, -0.2) is 25.2 Å². The van der Waals surface area contributed by atoms with Crippen molar-refractivity contribution >= 4 is 29.7 Å². The molecule has 22 heavy (non-hydrogen) atoms. The Morgan fingerprint density at radius 3 is 2.73 bits per heavy atom. The van der Waals surface area contributed by atoms with Gasteiger partial charge in [0.05, 0.1) is 18.9 Å². The van der Waals surface area contributed by atoms with Crippen LogP contribution >= 0.6 is 11.6 Å². The largest absolute Gasteiger partial charge is 0.466 e. The number of hydrogen-bond donors (Lipinski definition) is 1.